The van der Waals surface area contributed by atoms with Crippen molar-refractivity contribution in [2.45, 2.75) is 20.3 Å². The number of rotatable bonds is 6. The predicted octanol–water partition coefficient (Wildman–Crippen LogP) is 5.62. The highest BCUT2D eigenvalue weighted by atomic mass is 32.1. The van der Waals surface area contributed by atoms with Gasteiger partial charge in [0.15, 0.2) is 0 Å². The molecule has 5 aromatic rings. The van der Waals surface area contributed by atoms with Crippen molar-refractivity contribution in [2.24, 2.45) is 0 Å². The summed E-state index contributed by atoms with van der Waals surface area (Å²) in [4.78, 5) is 29.0. The summed E-state index contributed by atoms with van der Waals surface area (Å²) in [5, 5.41) is 7.92. The van der Waals surface area contributed by atoms with Gasteiger partial charge in [-0.25, -0.2) is 0 Å². The number of aromatic nitrogens is 2. The Kier molecular flexibility index (Phi) is 5.86. The van der Waals surface area contributed by atoms with Crippen LogP contribution < -0.4 is 10.6 Å². The van der Waals surface area contributed by atoms with Crippen LogP contribution in [0.25, 0.3) is 21.0 Å². The maximum atomic E-state index is 12.9. The molecule has 0 aliphatic heterocycles. The second-order valence-corrected chi connectivity index (χ2v) is 9.18. The highest BCUT2D eigenvalue weighted by molar-refractivity contribution is 7.13. The number of benzene rings is 3. The Morgan fingerprint density at radius 3 is 2.71 bits per heavy atom. The first kappa shape index (κ1) is 21.9. The van der Waals surface area contributed by atoms with Gasteiger partial charge in [0.1, 0.15) is 5.69 Å². The fraction of sp³-hybridized carbons (Fsp3) is 0.148. The molecule has 0 spiro atoms. The molecule has 0 saturated carbocycles. The Bertz CT molecular complexity index is 1530. The summed E-state index contributed by atoms with van der Waals surface area (Å²) in [6.07, 6.45) is 2.72. The third-order valence-corrected chi connectivity index (χ3v) is 6.77. The molecule has 2 heterocycles. The molecule has 0 aliphatic carbocycles. The molecule has 2 amide bonds. The maximum absolute atomic E-state index is 12.9. The fourth-order valence-corrected chi connectivity index (χ4v) is 4.81. The molecule has 0 aliphatic rings. The molecule has 6 nitrogen and oxygen atoms in total. The number of hydrogen-bond donors (Lipinski definition) is 3. The number of aryl methyl sites for hydroxylation is 2. The molecule has 0 unspecified atom stereocenters. The topological polar surface area (TPSA) is 86.9 Å². The van der Waals surface area contributed by atoms with E-state index in [2.05, 4.69) is 45.1 Å². The highest BCUT2D eigenvalue weighted by Gasteiger charge is 2.16. The van der Waals surface area contributed by atoms with E-state index in [-0.39, 0.29) is 11.8 Å². The van der Waals surface area contributed by atoms with Gasteiger partial charge in [0, 0.05) is 40.3 Å². The molecule has 0 fully saturated rings. The second-order valence-electron chi connectivity index (χ2n) is 8.38. The summed E-state index contributed by atoms with van der Waals surface area (Å²) in [6, 6.07) is 19.3. The Morgan fingerprint density at radius 1 is 0.971 bits per heavy atom. The van der Waals surface area contributed by atoms with Gasteiger partial charge in [-0.3, -0.25) is 9.59 Å². The number of fused-ring (bicyclic) bond motifs is 2. The normalized spacial score (nSPS) is 11.1. The van der Waals surface area contributed by atoms with Gasteiger partial charge in [0.2, 0.25) is 0 Å². The molecule has 2 aromatic heterocycles. The molecule has 0 saturated heterocycles. The largest absolute Gasteiger partial charge is 0.361 e. The van der Waals surface area contributed by atoms with E-state index < -0.39 is 0 Å². The predicted molar refractivity (Wildman–Crippen MR) is 138 cm³/mol. The molecule has 3 aromatic carbocycles. The average Bonchev–Trinajstić information content (AvgIpc) is 3.44. The lowest BCUT2D eigenvalue weighted by Gasteiger charge is -2.11. The minimum atomic E-state index is -0.285. The van der Waals surface area contributed by atoms with Gasteiger partial charge in [-0.05, 0) is 73.3 Å². The number of H-pyrrole nitrogens is 1. The van der Waals surface area contributed by atoms with Crippen LogP contribution in [0.1, 0.15) is 37.5 Å². The third kappa shape index (κ3) is 4.30. The molecule has 0 radical (unpaired) electrons. The molecule has 3 N–H and O–H groups in total. The standard InChI is InChI=1S/C27H24N4O2S/c1-16-7-10-22-21(13-16)19(15-29-22)11-12-28-26(32)18-9-8-17(2)23(14-18)30-27(33)25-20-5-3-4-6-24(20)34-31-25/h3-10,13-15,29H,11-12H2,1-2H3,(H,28,32)(H,30,33). The zero-order valence-electron chi connectivity index (χ0n) is 18.9. The summed E-state index contributed by atoms with van der Waals surface area (Å²) in [5.41, 5.74) is 5.84. The minimum Gasteiger partial charge on any atom is -0.361 e. The molecular weight excluding hydrogens is 444 g/mol. The molecule has 5 rings (SSSR count). The van der Waals surface area contributed by atoms with Gasteiger partial charge in [0.05, 0.1) is 4.70 Å². The lowest BCUT2D eigenvalue weighted by molar-refractivity contribution is 0.0952. The maximum Gasteiger partial charge on any atom is 0.276 e. The lowest BCUT2D eigenvalue weighted by atomic mass is 10.1. The van der Waals surface area contributed by atoms with Crippen LogP contribution in [0.3, 0.4) is 0 Å². The Morgan fingerprint density at radius 2 is 1.82 bits per heavy atom. The van der Waals surface area contributed by atoms with Crippen molar-refractivity contribution < 1.29 is 9.59 Å². The highest BCUT2D eigenvalue weighted by Crippen LogP contribution is 2.24. The van der Waals surface area contributed by atoms with E-state index in [1.807, 2.05) is 43.5 Å². The van der Waals surface area contributed by atoms with E-state index in [1.54, 1.807) is 12.1 Å². The quantitative estimate of drug-likeness (QED) is 0.302. The van der Waals surface area contributed by atoms with Crippen LogP contribution in [0.2, 0.25) is 0 Å². The van der Waals surface area contributed by atoms with Crippen molar-refractivity contribution in [3.05, 3.63) is 94.8 Å². The van der Waals surface area contributed by atoms with E-state index >= 15 is 0 Å². The van der Waals surface area contributed by atoms with Crippen LogP contribution in [0, 0.1) is 13.8 Å². The third-order valence-electron chi connectivity index (χ3n) is 5.94. The van der Waals surface area contributed by atoms with Crippen LogP contribution in [-0.2, 0) is 6.42 Å². The number of nitrogens with one attached hydrogen (secondary N) is 3. The molecule has 0 bridgehead atoms. The number of carbonyl (C=O) groups is 2. The molecule has 7 heteroatoms. The van der Waals surface area contributed by atoms with Crippen molar-refractivity contribution in [2.75, 3.05) is 11.9 Å². The SMILES string of the molecule is Cc1ccc2[nH]cc(CCNC(=O)c3ccc(C)c(NC(=O)c4nsc5ccccc45)c3)c2c1. The van der Waals surface area contributed by atoms with E-state index in [9.17, 15) is 9.59 Å². The summed E-state index contributed by atoms with van der Waals surface area (Å²) >= 11 is 1.30. The van der Waals surface area contributed by atoms with Crippen LogP contribution in [-0.4, -0.2) is 27.7 Å². The van der Waals surface area contributed by atoms with E-state index in [1.165, 1.54) is 28.0 Å². The lowest BCUT2D eigenvalue weighted by Crippen LogP contribution is -2.26. The van der Waals surface area contributed by atoms with Crippen molar-refractivity contribution in [3.63, 3.8) is 0 Å². The summed E-state index contributed by atoms with van der Waals surface area (Å²) in [5.74, 6) is -0.460. The smallest absolute Gasteiger partial charge is 0.276 e. The van der Waals surface area contributed by atoms with Crippen LogP contribution in [0.4, 0.5) is 5.69 Å². The monoisotopic (exact) mass is 468 g/mol. The number of aromatic amines is 1. The Balaban J connectivity index is 1.26. The Hall–Kier alpha value is -3.97. The number of carbonyl (C=O) groups excluding carboxylic acids is 2. The van der Waals surface area contributed by atoms with Gasteiger partial charge in [0.25, 0.3) is 11.8 Å². The van der Waals surface area contributed by atoms with Crippen LogP contribution in [0.15, 0.2) is 66.9 Å². The van der Waals surface area contributed by atoms with Gasteiger partial charge in [-0.15, -0.1) is 0 Å². The van der Waals surface area contributed by atoms with E-state index in [4.69, 9.17) is 0 Å². The van der Waals surface area contributed by atoms with Crippen molar-refractivity contribution >= 4 is 50.0 Å². The van der Waals surface area contributed by atoms with Crippen molar-refractivity contribution in [1.29, 1.82) is 0 Å². The second kappa shape index (κ2) is 9.11. The summed E-state index contributed by atoms with van der Waals surface area (Å²) in [7, 11) is 0. The molecular formula is C27H24N4O2S. The number of amides is 2. The van der Waals surface area contributed by atoms with Crippen molar-refractivity contribution in [3.8, 4) is 0 Å². The molecule has 34 heavy (non-hydrogen) atoms. The van der Waals surface area contributed by atoms with Gasteiger partial charge < -0.3 is 15.6 Å². The molecule has 170 valence electrons. The first-order chi connectivity index (χ1) is 16.5. The minimum absolute atomic E-state index is 0.175. The van der Waals surface area contributed by atoms with Gasteiger partial charge in [-0.2, -0.15) is 4.37 Å². The van der Waals surface area contributed by atoms with Crippen molar-refractivity contribution in [1.82, 2.24) is 14.7 Å². The first-order valence-corrected chi connectivity index (χ1v) is 11.9. The number of nitrogens with zero attached hydrogens (tertiary/aromatic N) is 1. The summed E-state index contributed by atoms with van der Waals surface area (Å²) < 4.78 is 5.28. The molecule has 0 atom stereocenters. The zero-order valence-corrected chi connectivity index (χ0v) is 19.8. The van der Waals surface area contributed by atoms with Crippen LogP contribution >= 0.6 is 11.5 Å². The van der Waals surface area contributed by atoms with Crippen LogP contribution in [0.5, 0.6) is 0 Å². The van der Waals surface area contributed by atoms with E-state index in [0.29, 0.717) is 23.5 Å². The summed E-state index contributed by atoms with van der Waals surface area (Å²) in [6.45, 7) is 4.48. The fourth-order valence-electron chi connectivity index (χ4n) is 4.04. The van der Waals surface area contributed by atoms with Gasteiger partial charge >= 0.3 is 0 Å². The number of anilines is 1. The number of hydrogen-bond acceptors (Lipinski definition) is 4. The Labute approximate surface area is 201 Å². The average molecular weight is 469 g/mol. The zero-order chi connectivity index (χ0) is 23.7. The van der Waals surface area contributed by atoms with Gasteiger partial charge in [-0.1, -0.05) is 35.9 Å². The first-order valence-electron chi connectivity index (χ1n) is 11.1. The van der Waals surface area contributed by atoms with E-state index in [0.717, 1.165) is 27.6 Å².